The highest BCUT2D eigenvalue weighted by atomic mass is 32.2. The van der Waals surface area contributed by atoms with Crippen LogP contribution in [0.4, 0.5) is 0 Å². The number of hydrogen-bond donors (Lipinski definition) is 1. The van der Waals surface area contributed by atoms with Crippen molar-refractivity contribution < 1.29 is 5.11 Å². The largest absolute Gasteiger partial charge is 0.385 e. The fourth-order valence-electron chi connectivity index (χ4n) is 1.24. The van der Waals surface area contributed by atoms with Crippen LogP contribution < -0.4 is 0 Å². The van der Waals surface area contributed by atoms with E-state index in [1.807, 2.05) is 29.9 Å². The molecular formula is C9H14OS. The van der Waals surface area contributed by atoms with Crippen LogP contribution in [0.15, 0.2) is 23.6 Å². The minimum absolute atomic E-state index is 0.535. The molecule has 1 aliphatic carbocycles. The summed E-state index contributed by atoms with van der Waals surface area (Å²) < 4.78 is 0. The van der Waals surface area contributed by atoms with Gasteiger partial charge in [0.1, 0.15) is 0 Å². The zero-order valence-electron chi connectivity index (χ0n) is 6.79. The van der Waals surface area contributed by atoms with Gasteiger partial charge in [-0.05, 0) is 30.9 Å². The third kappa shape index (κ3) is 2.72. The molecule has 0 saturated heterocycles. The maximum absolute atomic E-state index is 9.77. The van der Waals surface area contributed by atoms with E-state index in [9.17, 15) is 5.11 Å². The third-order valence-corrected chi connectivity index (χ3v) is 2.34. The van der Waals surface area contributed by atoms with Crippen LogP contribution in [0.2, 0.25) is 0 Å². The molecule has 1 N–H and O–H groups in total. The first-order valence-corrected chi connectivity index (χ1v) is 5.13. The van der Waals surface area contributed by atoms with Crippen molar-refractivity contribution in [3.8, 4) is 0 Å². The molecule has 0 aromatic rings. The lowest BCUT2D eigenvalue weighted by atomic mass is 10.00. The van der Waals surface area contributed by atoms with E-state index >= 15 is 0 Å². The highest BCUT2D eigenvalue weighted by molar-refractivity contribution is 8.01. The van der Waals surface area contributed by atoms with E-state index in [4.69, 9.17) is 0 Å². The van der Waals surface area contributed by atoms with Gasteiger partial charge in [0.15, 0.2) is 0 Å². The molecule has 0 saturated carbocycles. The molecule has 0 heterocycles. The number of hydrogen-bond acceptors (Lipinski definition) is 2. The van der Waals surface area contributed by atoms with E-state index in [0.717, 1.165) is 19.3 Å². The summed E-state index contributed by atoms with van der Waals surface area (Å²) in [6.07, 6.45) is 10.7. The molecule has 11 heavy (non-hydrogen) atoms. The van der Waals surface area contributed by atoms with Crippen LogP contribution in [0.1, 0.15) is 19.3 Å². The van der Waals surface area contributed by atoms with Gasteiger partial charge in [0.05, 0.1) is 5.60 Å². The molecule has 0 aromatic carbocycles. The van der Waals surface area contributed by atoms with Gasteiger partial charge in [-0.15, -0.1) is 11.8 Å². The van der Waals surface area contributed by atoms with Crippen LogP contribution in [-0.2, 0) is 0 Å². The molecular weight excluding hydrogens is 156 g/mol. The molecule has 0 amide bonds. The first-order chi connectivity index (χ1) is 5.27. The lowest BCUT2D eigenvalue weighted by molar-refractivity contribution is 0.0943. The number of aliphatic hydroxyl groups is 1. The van der Waals surface area contributed by atoms with E-state index in [1.54, 1.807) is 11.8 Å². The summed E-state index contributed by atoms with van der Waals surface area (Å²) in [6, 6.07) is 0. The van der Waals surface area contributed by atoms with Crippen LogP contribution in [0, 0.1) is 0 Å². The van der Waals surface area contributed by atoms with Gasteiger partial charge in [-0.25, -0.2) is 0 Å². The topological polar surface area (TPSA) is 20.2 Å². The maximum atomic E-state index is 9.77. The zero-order chi connectivity index (χ0) is 8.16. The normalized spacial score (nSPS) is 30.4. The van der Waals surface area contributed by atoms with Crippen molar-refractivity contribution >= 4 is 11.8 Å². The molecule has 0 fully saturated rings. The lowest BCUT2D eigenvalue weighted by Gasteiger charge is -2.17. The van der Waals surface area contributed by atoms with Crippen molar-refractivity contribution in [2.45, 2.75) is 24.9 Å². The molecule has 1 nitrogen and oxygen atoms in total. The molecule has 0 spiro atoms. The van der Waals surface area contributed by atoms with E-state index in [2.05, 4.69) is 0 Å². The summed E-state index contributed by atoms with van der Waals surface area (Å²) in [5, 5.41) is 11.8. The Hall–Kier alpha value is -0.210. The zero-order valence-corrected chi connectivity index (χ0v) is 7.60. The summed E-state index contributed by atoms with van der Waals surface area (Å²) in [6.45, 7) is 0. The van der Waals surface area contributed by atoms with Gasteiger partial charge in [-0.1, -0.05) is 18.2 Å². The maximum Gasteiger partial charge on any atom is 0.0865 e. The van der Waals surface area contributed by atoms with Crippen LogP contribution in [-0.4, -0.2) is 17.0 Å². The quantitative estimate of drug-likeness (QED) is 0.656. The fraction of sp³-hybridized carbons (Fsp3) is 0.556. The third-order valence-electron chi connectivity index (χ3n) is 1.88. The van der Waals surface area contributed by atoms with Crippen molar-refractivity contribution in [3.05, 3.63) is 23.6 Å². The smallest absolute Gasteiger partial charge is 0.0865 e. The molecule has 62 valence electrons. The average Bonchev–Trinajstić information content (AvgIpc) is 2.38. The highest BCUT2D eigenvalue weighted by Gasteiger charge is 2.24. The van der Waals surface area contributed by atoms with Crippen LogP contribution in [0.3, 0.4) is 0 Å². The Bertz CT molecular complexity index is 174. The second kappa shape index (κ2) is 3.98. The van der Waals surface area contributed by atoms with Gasteiger partial charge < -0.3 is 5.11 Å². The Labute approximate surface area is 72.2 Å². The summed E-state index contributed by atoms with van der Waals surface area (Å²) >= 11 is 1.67. The summed E-state index contributed by atoms with van der Waals surface area (Å²) in [5.74, 6) is 0. The summed E-state index contributed by atoms with van der Waals surface area (Å²) in [7, 11) is 0. The fourth-order valence-corrected chi connectivity index (χ4v) is 1.53. The Morgan fingerprint density at radius 1 is 1.73 bits per heavy atom. The van der Waals surface area contributed by atoms with Crippen molar-refractivity contribution in [1.82, 2.24) is 0 Å². The molecule has 0 bridgehead atoms. The van der Waals surface area contributed by atoms with Gasteiger partial charge in [0.25, 0.3) is 0 Å². The molecule has 1 atom stereocenters. The minimum atomic E-state index is -0.535. The predicted octanol–water partition coefficient (Wildman–Crippen LogP) is 2.33. The lowest BCUT2D eigenvalue weighted by Crippen LogP contribution is -2.21. The standard InChI is InChI=1S/C9H14OS/c1-11-8-4-7-9(10)5-2-3-6-9/h2,4-5,8,10H,3,6-7H2,1H3/b8-4+. The number of allylic oxidation sites excluding steroid dienone is 1. The van der Waals surface area contributed by atoms with Crippen molar-refractivity contribution in [2.24, 2.45) is 0 Å². The second-order valence-electron chi connectivity index (χ2n) is 2.86. The van der Waals surface area contributed by atoms with Crippen molar-refractivity contribution in [2.75, 3.05) is 6.26 Å². The van der Waals surface area contributed by atoms with E-state index in [0.29, 0.717) is 0 Å². The minimum Gasteiger partial charge on any atom is -0.385 e. The number of rotatable bonds is 3. The molecule has 1 unspecified atom stereocenters. The van der Waals surface area contributed by atoms with Gasteiger partial charge >= 0.3 is 0 Å². The van der Waals surface area contributed by atoms with Crippen LogP contribution in [0.5, 0.6) is 0 Å². The first-order valence-electron chi connectivity index (χ1n) is 3.85. The number of thioether (sulfide) groups is 1. The predicted molar refractivity (Wildman–Crippen MR) is 50.6 cm³/mol. The summed E-state index contributed by atoms with van der Waals surface area (Å²) in [5.41, 5.74) is -0.535. The van der Waals surface area contributed by atoms with Crippen molar-refractivity contribution in [3.63, 3.8) is 0 Å². The van der Waals surface area contributed by atoms with Crippen LogP contribution in [0.25, 0.3) is 0 Å². The molecule has 0 radical (unpaired) electrons. The van der Waals surface area contributed by atoms with E-state index in [-0.39, 0.29) is 0 Å². The molecule has 1 aliphatic rings. The van der Waals surface area contributed by atoms with Crippen LogP contribution >= 0.6 is 11.8 Å². The Morgan fingerprint density at radius 3 is 3.09 bits per heavy atom. The molecule has 2 heteroatoms. The van der Waals surface area contributed by atoms with Crippen molar-refractivity contribution in [1.29, 1.82) is 0 Å². The average molecular weight is 170 g/mol. The van der Waals surface area contributed by atoms with Gasteiger partial charge in [-0.3, -0.25) is 0 Å². The van der Waals surface area contributed by atoms with E-state index in [1.165, 1.54) is 0 Å². The van der Waals surface area contributed by atoms with Gasteiger partial charge in [-0.2, -0.15) is 0 Å². The van der Waals surface area contributed by atoms with Gasteiger partial charge in [0.2, 0.25) is 0 Å². The monoisotopic (exact) mass is 170 g/mol. The van der Waals surface area contributed by atoms with Gasteiger partial charge in [0, 0.05) is 0 Å². The van der Waals surface area contributed by atoms with E-state index < -0.39 is 5.60 Å². The SMILES string of the molecule is CS/C=C/CC1(O)C=CCC1. The second-order valence-corrected chi connectivity index (χ2v) is 3.60. The Balaban J connectivity index is 2.35. The Morgan fingerprint density at radius 2 is 2.55 bits per heavy atom. The summed E-state index contributed by atoms with van der Waals surface area (Å²) in [4.78, 5) is 0. The molecule has 0 aliphatic heterocycles. The first kappa shape index (κ1) is 8.88. The highest BCUT2D eigenvalue weighted by Crippen LogP contribution is 2.26. The molecule has 1 rings (SSSR count). The molecule has 0 aromatic heterocycles. The Kier molecular flexibility index (Phi) is 3.21.